The molecule has 0 unspecified atom stereocenters. The van der Waals surface area contributed by atoms with Crippen molar-refractivity contribution in [2.75, 3.05) is 14.2 Å². The summed E-state index contributed by atoms with van der Waals surface area (Å²) in [5.74, 6) is -0.944. The Hall–Kier alpha value is -3.88. The SMILES string of the molecule is COC(=O)CCc1c(C)nn(-c2ccc(C(=O)OCc3cc(C)c(C(=O)OC)o3)cc2)c1C. The molecular weight excluding hydrogens is 428 g/mol. The van der Waals surface area contributed by atoms with E-state index in [1.54, 1.807) is 41.9 Å². The van der Waals surface area contributed by atoms with Crippen molar-refractivity contribution in [1.82, 2.24) is 9.78 Å². The summed E-state index contributed by atoms with van der Waals surface area (Å²) in [5, 5.41) is 4.56. The van der Waals surface area contributed by atoms with Crippen LogP contribution in [0.2, 0.25) is 0 Å². The number of methoxy groups -OCH3 is 2. The molecule has 33 heavy (non-hydrogen) atoms. The minimum Gasteiger partial charge on any atom is -0.469 e. The normalized spacial score (nSPS) is 10.7. The maximum absolute atomic E-state index is 12.4. The molecule has 174 valence electrons. The van der Waals surface area contributed by atoms with Gasteiger partial charge in [0, 0.05) is 17.7 Å². The number of nitrogens with zero attached hydrogens (tertiary/aromatic N) is 2. The predicted octanol–water partition coefficient (Wildman–Crippen LogP) is 3.64. The Labute approximate surface area is 191 Å². The van der Waals surface area contributed by atoms with E-state index in [0.29, 0.717) is 23.3 Å². The number of rotatable bonds is 8. The van der Waals surface area contributed by atoms with Crippen LogP contribution in [0.5, 0.6) is 0 Å². The van der Waals surface area contributed by atoms with Crippen molar-refractivity contribution >= 4 is 17.9 Å². The molecule has 2 aromatic heterocycles. The van der Waals surface area contributed by atoms with E-state index in [2.05, 4.69) is 9.84 Å². The lowest BCUT2D eigenvalue weighted by Gasteiger charge is -2.07. The summed E-state index contributed by atoms with van der Waals surface area (Å²) in [6.45, 7) is 5.42. The number of carbonyl (C=O) groups is 3. The molecule has 0 bridgehead atoms. The average Bonchev–Trinajstić information content (AvgIpc) is 3.33. The lowest BCUT2D eigenvalue weighted by Crippen LogP contribution is -2.06. The molecule has 0 radical (unpaired) electrons. The Morgan fingerprint density at radius 1 is 1.00 bits per heavy atom. The molecular formula is C24H26N2O7. The van der Waals surface area contributed by atoms with E-state index in [-0.39, 0.29) is 24.8 Å². The Kier molecular flexibility index (Phi) is 7.32. The second kappa shape index (κ2) is 10.2. The molecule has 9 heteroatoms. The van der Waals surface area contributed by atoms with Crippen LogP contribution in [0, 0.1) is 20.8 Å². The number of esters is 3. The first-order valence-corrected chi connectivity index (χ1v) is 10.3. The summed E-state index contributed by atoms with van der Waals surface area (Å²) in [4.78, 5) is 35.5. The number of benzene rings is 1. The maximum atomic E-state index is 12.4. The number of hydrogen-bond acceptors (Lipinski definition) is 8. The first-order valence-electron chi connectivity index (χ1n) is 10.3. The molecule has 1 aromatic carbocycles. The van der Waals surface area contributed by atoms with Gasteiger partial charge < -0.3 is 18.6 Å². The van der Waals surface area contributed by atoms with Crippen LogP contribution in [0.4, 0.5) is 0 Å². The summed E-state index contributed by atoms with van der Waals surface area (Å²) in [6, 6.07) is 8.47. The molecule has 0 amide bonds. The van der Waals surface area contributed by atoms with E-state index in [4.69, 9.17) is 13.9 Å². The van der Waals surface area contributed by atoms with E-state index < -0.39 is 11.9 Å². The van der Waals surface area contributed by atoms with Gasteiger partial charge in [0.25, 0.3) is 0 Å². The van der Waals surface area contributed by atoms with Crippen LogP contribution in [-0.4, -0.2) is 41.9 Å². The summed E-state index contributed by atoms with van der Waals surface area (Å²) < 4.78 is 21.8. The maximum Gasteiger partial charge on any atom is 0.374 e. The molecule has 3 rings (SSSR count). The molecule has 0 N–H and O–H groups in total. The van der Waals surface area contributed by atoms with Gasteiger partial charge in [-0.2, -0.15) is 5.10 Å². The van der Waals surface area contributed by atoms with Crippen LogP contribution in [0.25, 0.3) is 5.69 Å². The summed E-state index contributed by atoms with van der Waals surface area (Å²) in [5.41, 5.74) is 4.49. The molecule has 2 heterocycles. The Bertz CT molecular complexity index is 1170. The number of aromatic nitrogens is 2. The van der Waals surface area contributed by atoms with Gasteiger partial charge in [0.15, 0.2) is 0 Å². The van der Waals surface area contributed by atoms with Crippen molar-refractivity contribution in [2.45, 2.75) is 40.2 Å². The average molecular weight is 454 g/mol. The monoisotopic (exact) mass is 454 g/mol. The van der Waals surface area contributed by atoms with Gasteiger partial charge in [-0.3, -0.25) is 4.79 Å². The van der Waals surface area contributed by atoms with Gasteiger partial charge >= 0.3 is 17.9 Å². The molecule has 0 spiro atoms. The third kappa shape index (κ3) is 5.31. The number of ether oxygens (including phenoxy) is 3. The van der Waals surface area contributed by atoms with Crippen LogP contribution in [-0.2, 0) is 32.0 Å². The zero-order valence-electron chi connectivity index (χ0n) is 19.3. The van der Waals surface area contributed by atoms with Crippen LogP contribution in [0.15, 0.2) is 34.7 Å². The van der Waals surface area contributed by atoms with Gasteiger partial charge in [-0.05, 0) is 63.1 Å². The summed E-state index contributed by atoms with van der Waals surface area (Å²) in [6.07, 6.45) is 0.823. The summed E-state index contributed by atoms with van der Waals surface area (Å²) >= 11 is 0. The highest BCUT2D eigenvalue weighted by atomic mass is 16.6. The Balaban J connectivity index is 1.67. The number of carbonyl (C=O) groups excluding carboxylic acids is 3. The minimum atomic E-state index is -0.585. The zero-order chi connectivity index (χ0) is 24.1. The van der Waals surface area contributed by atoms with Crippen molar-refractivity contribution in [1.29, 1.82) is 0 Å². The molecule has 0 saturated heterocycles. The quantitative estimate of drug-likeness (QED) is 0.375. The fourth-order valence-electron chi connectivity index (χ4n) is 3.49. The van der Waals surface area contributed by atoms with E-state index in [1.165, 1.54) is 14.2 Å². The largest absolute Gasteiger partial charge is 0.469 e. The van der Waals surface area contributed by atoms with Crippen LogP contribution in [0.1, 0.15) is 55.6 Å². The molecule has 0 saturated carbocycles. The predicted molar refractivity (Wildman–Crippen MR) is 117 cm³/mol. The lowest BCUT2D eigenvalue weighted by atomic mass is 10.1. The van der Waals surface area contributed by atoms with Gasteiger partial charge in [-0.1, -0.05) is 0 Å². The van der Waals surface area contributed by atoms with E-state index in [9.17, 15) is 14.4 Å². The zero-order valence-corrected chi connectivity index (χ0v) is 19.3. The first kappa shape index (κ1) is 23.8. The Morgan fingerprint density at radius 2 is 1.70 bits per heavy atom. The van der Waals surface area contributed by atoms with Gasteiger partial charge in [-0.25, -0.2) is 14.3 Å². The third-order valence-electron chi connectivity index (χ3n) is 5.28. The van der Waals surface area contributed by atoms with Crippen molar-refractivity contribution in [2.24, 2.45) is 0 Å². The van der Waals surface area contributed by atoms with E-state index in [1.807, 2.05) is 13.8 Å². The second-order valence-electron chi connectivity index (χ2n) is 7.48. The molecule has 0 aliphatic rings. The molecule has 9 nitrogen and oxygen atoms in total. The highest BCUT2D eigenvalue weighted by Crippen LogP contribution is 2.21. The van der Waals surface area contributed by atoms with Crippen LogP contribution in [0.3, 0.4) is 0 Å². The summed E-state index contributed by atoms with van der Waals surface area (Å²) in [7, 11) is 2.64. The third-order valence-corrected chi connectivity index (χ3v) is 5.28. The van der Waals surface area contributed by atoms with Crippen molar-refractivity contribution in [3.8, 4) is 5.69 Å². The standard InChI is InChI=1S/C24H26N2O7/c1-14-12-19(33-22(14)24(29)31-5)13-32-23(28)17-6-8-18(9-7-17)26-16(3)20(15(2)25-26)10-11-21(27)30-4/h6-9,12H,10-11,13H2,1-5H3. The van der Waals surface area contributed by atoms with Crippen molar-refractivity contribution in [3.63, 3.8) is 0 Å². The van der Waals surface area contributed by atoms with E-state index in [0.717, 1.165) is 22.6 Å². The topological polar surface area (TPSA) is 110 Å². The highest BCUT2D eigenvalue weighted by molar-refractivity contribution is 5.89. The smallest absolute Gasteiger partial charge is 0.374 e. The fraction of sp³-hybridized carbons (Fsp3) is 0.333. The lowest BCUT2D eigenvalue weighted by molar-refractivity contribution is -0.140. The van der Waals surface area contributed by atoms with Crippen LogP contribution < -0.4 is 0 Å². The molecule has 3 aromatic rings. The van der Waals surface area contributed by atoms with Gasteiger partial charge in [0.1, 0.15) is 12.4 Å². The van der Waals surface area contributed by atoms with Crippen molar-refractivity contribution in [3.05, 3.63) is 69.9 Å². The second-order valence-corrected chi connectivity index (χ2v) is 7.48. The first-order chi connectivity index (χ1) is 15.7. The van der Waals surface area contributed by atoms with E-state index >= 15 is 0 Å². The minimum absolute atomic E-state index is 0.0868. The molecule has 0 aliphatic carbocycles. The van der Waals surface area contributed by atoms with Gasteiger partial charge in [-0.15, -0.1) is 0 Å². The number of hydrogen-bond donors (Lipinski definition) is 0. The number of aryl methyl sites for hydroxylation is 2. The number of furan rings is 1. The van der Waals surface area contributed by atoms with Gasteiger partial charge in [0.2, 0.25) is 5.76 Å². The molecule has 0 atom stereocenters. The van der Waals surface area contributed by atoms with Crippen molar-refractivity contribution < 1.29 is 33.0 Å². The van der Waals surface area contributed by atoms with Gasteiger partial charge in [0.05, 0.1) is 31.2 Å². The molecule has 0 aliphatic heterocycles. The van der Waals surface area contributed by atoms with Crippen LogP contribution >= 0.6 is 0 Å². The Morgan fingerprint density at radius 3 is 2.33 bits per heavy atom. The fourth-order valence-corrected chi connectivity index (χ4v) is 3.49. The molecule has 0 fully saturated rings. The highest BCUT2D eigenvalue weighted by Gasteiger charge is 2.18.